The third-order valence-corrected chi connectivity index (χ3v) is 3.09. The number of hydrogen-bond donors (Lipinski definition) is 3. The maximum atomic E-state index is 12.0. The van der Waals surface area contributed by atoms with Crippen molar-refractivity contribution in [2.45, 2.75) is 0 Å². The van der Waals surface area contributed by atoms with Gasteiger partial charge < -0.3 is 20.3 Å². The largest absolute Gasteiger partial charge is 0.507 e. The van der Waals surface area contributed by atoms with Crippen LogP contribution in [0.15, 0.2) is 54.7 Å². The van der Waals surface area contributed by atoms with Crippen LogP contribution >= 0.6 is 0 Å². The van der Waals surface area contributed by atoms with Crippen LogP contribution in [0.1, 0.15) is 20.7 Å². The van der Waals surface area contributed by atoms with Crippen molar-refractivity contribution in [3.05, 3.63) is 65.9 Å². The van der Waals surface area contributed by atoms with Gasteiger partial charge in [0.2, 0.25) is 0 Å². The molecule has 23 heavy (non-hydrogen) atoms. The second-order valence-corrected chi connectivity index (χ2v) is 4.61. The third kappa shape index (κ3) is 4.10. The summed E-state index contributed by atoms with van der Waals surface area (Å²) < 4.78 is 5.02. The van der Waals surface area contributed by atoms with E-state index >= 15 is 0 Å². The van der Waals surface area contributed by atoms with Crippen molar-refractivity contribution in [3.8, 4) is 11.5 Å². The third-order valence-electron chi connectivity index (χ3n) is 3.09. The minimum Gasteiger partial charge on any atom is -0.507 e. The van der Waals surface area contributed by atoms with Gasteiger partial charge in [0.15, 0.2) is 5.78 Å². The zero-order valence-corrected chi connectivity index (χ0v) is 12.3. The Morgan fingerprint density at radius 1 is 1.13 bits per heavy atom. The summed E-state index contributed by atoms with van der Waals surface area (Å²) in [6, 6.07) is 10.7. The van der Waals surface area contributed by atoms with Crippen molar-refractivity contribution in [2.24, 2.45) is 0 Å². The number of hydrogen-bond acceptors (Lipinski definition) is 5. The van der Waals surface area contributed by atoms with Gasteiger partial charge >= 0.3 is 5.97 Å². The van der Waals surface area contributed by atoms with Gasteiger partial charge in [-0.25, -0.2) is 4.79 Å². The fourth-order valence-electron chi connectivity index (χ4n) is 1.87. The van der Waals surface area contributed by atoms with Gasteiger partial charge in [-0.15, -0.1) is 0 Å². The molecule has 0 spiro atoms. The van der Waals surface area contributed by atoms with Crippen molar-refractivity contribution in [1.82, 2.24) is 0 Å². The van der Waals surface area contributed by atoms with Gasteiger partial charge in [-0.05, 0) is 36.4 Å². The second kappa shape index (κ2) is 7.13. The Labute approximate surface area is 132 Å². The second-order valence-electron chi connectivity index (χ2n) is 4.61. The van der Waals surface area contributed by atoms with Crippen molar-refractivity contribution in [3.63, 3.8) is 0 Å². The molecule has 0 fully saturated rings. The lowest BCUT2D eigenvalue weighted by Crippen LogP contribution is -1.98. The minimum absolute atomic E-state index is 0.186. The molecular formula is C17H15NO5. The van der Waals surface area contributed by atoms with Crippen LogP contribution in [0.3, 0.4) is 0 Å². The maximum absolute atomic E-state index is 12.0. The van der Waals surface area contributed by atoms with Crippen molar-refractivity contribution in [2.75, 3.05) is 12.4 Å². The van der Waals surface area contributed by atoms with E-state index in [9.17, 15) is 14.7 Å². The van der Waals surface area contributed by atoms with Crippen LogP contribution in [-0.4, -0.2) is 29.1 Å². The summed E-state index contributed by atoms with van der Waals surface area (Å²) in [7, 11) is 1.55. The number of ketones is 1. The molecule has 0 radical (unpaired) electrons. The van der Waals surface area contributed by atoms with Gasteiger partial charge in [-0.3, -0.25) is 4.79 Å². The number of carbonyl (C=O) groups excluding carboxylic acids is 1. The Balaban J connectivity index is 2.01. The number of benzene rings is 2. The Morgan fingerprint density at radius 3 is 2.39 bits per heavy atom. The van der Waals surface area contributed by atoms with Gasteiger partial charge in [-0.2, -0.15) is 0 Å². The summed E-state index contributed by atoms with van der Waals surface area (Å²) in [6.45, 7) is 0. The summed E-state index contributed by atoms with van der Waals surface area (Å²) in [4.78, 5) is 22.7. The number of ether oxygens (including phenoxy) is 1. The van der Waals surface area contributed by atoms with Gasteiger partial charge in [-0.1, -0.05) is 0 Å². The molecule has 0 aliphatic carbocycles. The first-order valence-electron chi connectivity index (χ1n) is 6.69. The van der Waals surface area contributed by atoms with Crippen LogP contribution in [0.4, 0.5) is 5.69 Å². The molecule has 6 heteroatoms. The summed E-state index contributed by atoms with van der Waals surface area (Å²) >= 11 is 0. The molecule has 118 valence electrons. The molecular weight excluding hydrogens is 298 g/mol. The number of carbonyl (C=O) groups is 2. The number of anilines is 1. The Hall–Kier alpha value is -3.28. The molecule has 2 rings (SSSR count). The van der Waals surface area contributed by atoms with E-state index in [4.69, 9.17) is 9.84 Å². The molecule has 0 aliphatic heterocycles. The Morgan fingerprint density at radius 2 is 1.83 bits per heavy atom. The number of nitrogens with one attached hydrogen (secondary N) is 1. The zero-order valence-electron chi connectivity index (χ0n) is 12.3. The molecule has 2 aromatic carbocycles. The maximum Gasteiger partial charge on any atom is 0.339 e. The van der Waals surface area contributed by atoms with E-state index in [1.54, 1.807) is 31.4 Å². The van der Waals surface area contributed by atoms with Crippen LogP contribution in [0, 0.1) is 0 Å². The normalized spacial score (nSPS) is 10.5. The van der Waals surface area contributed by atoms with Crippen LogP contribution in [0.25, 0.3) is 0 Å². The molecule has 6 nitrogen and oxygen atoms in total. The highest BCUT2D eigenvalue weighted by Gasteiger charge is 2.09. The number of aromatic carboxylic acids is 1. The number of rotatable bonds is 6. The van der Waals surface area contributed by atoms with E-state index in [0.717, 1.165) is 0 Å². The number of aromatic hydroxyl groups is 1. The lowest BCUT2D eigenvalue weighted by Gasteiger charge is -2.04. The standard InChI is InChI=1S/C17H15NO5/c1-23-13-5-2-11(3-6-13)15(19)8-9-18-12-4-7-14(17(21)22)16(20)10-12/h2-10,18,20H,1H3,(H,21,22)/b9-8+. The van der Waals surface area contributed by atoms with Gasteiger partial charge in [0.25, 0.3) is 0 Å². The van der Waals surface area contributed by atoms with Crippen LogP contribution in [0.5, 0.6) is 11.5 Å². The lowest BCUT2D eigenvalue weighted by molar-refractivity contribution is 0.0693. The van der Waals surface area contributed by atoms with E-state index in [-0.39, 0.29) is 17.1 Å². The number of allylic oxidation sites excluding steroid dienone is 1. The number of methoxy groups -OCH3 is 1. The predicted octanol–water partition coefficient (Wildman–Crippen LogP) is 2.91. The van der Waals surface area contributed by atoms with E-state index in [0.29, 0.717) is 17.0 Å². The highest BCUT2D eigenvalue weighted by molar-refractivity contribution is 6.04. The monoisotopic (exact) mass is 313 g/mol. The van der Waals surface area contributed by atoms with E-state index in [1.807, 2.05) is 0 Å². The van der Waals surface area contributed by atoms with Crippen LogP contribution < -0.4 is 10.1 Å². The predicted molar refractivity (Wildman–Crippen MR) is 85.2 cm³/mol. The van der Waals surface area contributed by atoms with Crippen molar-refractivity contribution < 1.29 is 24.5 Å². The molecule has 0 saturated heterocycles. The average molecular weight is 313 g/mol. The fourth-order valence-corrected chi connectivity index (χ4v) is 1.87. The molecule has 0 saturated carbocycles. The summed E-state index contributed by atoms with van der Waals surface area (Å²) in [6.07, 6.45) is 2.76. The van der Waals surface area contributed by atoms with E-state index in [2.05, 4.69) is 5.32 Å². The molecule has 2 aromatic rings. The molecule has 0 unspecified atom stereocenters. The van der Waals surface area contributed by atoms with E-state index in [1.165, 1.54) is 30.5 Å². The smallest absolute Gasteiger partial charge is 0.339 e. The minimum atomic E-state index is -1.21. The van der Waals surface area contributed by atoms with Crippen LogP contribution in [-0.2, 0) is 0 Å². The van der Waals surface area contributed by atoms with Crippen LogP contribution in [0.2, 0.25) is 0 Å². The highest BCUT2D eigenvalue weighted by Crippen LogP contribution is 2.22. The molecule has 0 heterocycles. The average Bonchev–Trinajstić information content (AvgIpc) is 2.54. The molecule has 0 atom stereocenters. The van der Waals surface area contributed by atoms with Crippen molar-refractivity contribution in [1.29, 1.82) is 0 Å². The Kier molecular flexibility index (Phi) is 4.99. The highest BCUT2D eigenvalue weighted by atomic mass is 16.5. The summed E-state index contributed by atoms with van der Waals surface area (Å²) in [5.74, 6) is -1.10. The first-order chi connectivity index (χ1) is 11.0. The molecule has 0 aromatic heterocycles. The Bertz CT molecular complexity index is 750. The fraction of sp³-hybridized carbons (Fsp3) is 0.0588. The van der Waals surface area contributed by atoms with Gasteiger partial charge in [0.1, 0.15) is 17.1 Å². The SMILES string of the molecule is COc1ccc(C(=O)/C=C/Nc2ccc(C(=O)O)c(O)c2)cc1. The first kappa shape index (κ1) is 16.1. The lowest BCUT2D eigenvalue weighted by atomic mass is 10.1. The van der Waals surface area contributed by atoms with Gasteiger partial charge in [0.05, 0.1) is 7.11 Å². The molecule has 3 N–H and O–H groups in total. The van der Waals surface area contributed by atoms with E-state index < -0.39 is 5.97 Å². The quantitative estimate of drug-likeness (QED) is 0.560. The summed E-state index contributed by atoms with van der Waals surface area (Å²) in [5, 5.41) is 21.2. The first-order valence-corrected chi connectivity index (χ1v) is 6.69. The topological polar surface area (TPSA) is 95.9 Å². The molecule has 0 amide bonds. The molecule has 0 bridgehead atoms. The molecule has 0 aliphatic rings. The summed E-state index contributed by atoms with van der Waals surface area (Å²) in [5.41, 5.74) is 0.785. The number of carboxylic acid groups (broad SMARTS) is 1. The van der Waals surface area contributed by atoms with Gasteiger partial charge in [0, 0.05) is 29.6 Å². The van der Waals surface area contributed by atoms with Crippen molar-refractivity contribution >= 4 is 17.4 Å². The zero-order chi connectivity index (χ0) is 16.8. The number of phenols is 1. The number of carboxylic acids is 1.